The Balaban J connectivity index is 1.98. The standard InChI is InChI=1S/C15H19ClN2O3/c1-3-21-15(20)11-4-6-18(7-5-11)14(19)12-9-17-10(2)8-13(12)16/h8-9,11H,3-7H2,1-2H3. The Kier molecular flexibility index (Phi) is 5.17. The molecule has 1 aromatic rings. The first kappa shape index (κ1) is 15.8. The molecular formula is C15H19ClN2O3. The van der Waals surface area contributed by atoms with Crippen LogP contribution in [-0.2, 0) is 9.53 Å². The molecule has 1 aliphatic heterocycles. The average molecular weight is 311 g/mol. The summed E-state index contributed by atoms with van der Waals surface area (Å²) in [5.41, 5.74) is 1.19. The zero-order chi connectivity index (χ0) is 15.4. The predicted molar refractivity (Wildman–Crippen MR) is 79.2 cm³/mol. The number of ether oxygens (including phenoxy) is 1. The summed E-state index contributed by atoms with van der Waals surface area (Å²) in [5, 5.41) is 0.417. The van der Waals surface area contributed by atoms with Gasteiger partial charge in [0.15, 0.2) is 0 Å². The van der Waals surface area contributed by atoms with Crippen molar-refractivity contribution >= 4 is 23.5 Å². The second kappa shape index (κ2) is 6.89. The van der Waals surface area contributed by atoms with E-state index in [1.807, 2.05) is 6.92 Å². The van der Waals surface area contributed by atoms with Gasteiger partial charge in [0.05, 0.1) is 23.1 Å². The number of rotatable bonds is 3. The molecular weight excluding hydrogens is 292 g/mol. The van der Waals surface area contributed by atoms with Crippen molar-refractivity contribution in [1.29, 1.82) is 0 Å². The summed E-state index contributed by atoms with van der Waals surface area (Å²) in [6, 6.07) is 1.68. The Bertz CT molecular complexity index is 540. The Hall–Kier alpha value is -1.62. The zero-order valence-electron chi connectivity index (χ0n) is 12.3. The number of hydrogen-bond donors (Lipinski definition) is 0. The van der Waals surface area contributed by atoms with Crippen LogP contribution in [0, 0.1) is 12.8 Å². The lowest BCUT2D eigenvalue weighted by Crippen LogP contribution is -2.40. The number of aryl methyl sites for hydroxylation is 1. The highest BCUT2D eigenvalue weighted by atomic mass is 35.5. The van der Waals surface area contributed by atoms with Crippen molar-refractivity contribution in [2.24, 2.45) is 5.92 Å². The van der Waals surface area contributed by atoms with E-state index in [9.17, 15) is 9.59 Å². The van der Waals surface area contributed by atoms with Crippen LogP contribution in [0.15, 0.2) is 12.3 Å². The van der Waals surface area contributed by atoms with Crippen molar-refractivity contribution in [2.45, 2.75) is 26.7 Å². The minimum absolute atomic E-state index is 0.111. The fourth-order valence-electron chi connectivity index (χ4n) is 2.43. The summed E-state index contributed by atoms with van der Waals surface area (Å²) >= 11 is 6.10. The summed E-state index contributed by atoms with van der Waals surface area (Å²) in [4.78, 5) is 29.9. The third-order valence-electron chi connectivity index (χ3n) is 3.62. The highest BCUT2D eigenvalue weighted by molar-refractivity contribution is 6.33. The first-order chi connectivity index (χ1) is 10.0. The molecule has 1 saturated heterocycles. The molecule has 0 bridgehead atoms. The number of halogens is 1. The number of pyridine rings is 1. The van der Waals surface area contributed by atoms with Crippen molar-refractivity contribution in [2.75, 3.05) is 19.7 Å². The van der Waals surface area contributed by atoms with Crippen LogP contribution in [0.25, 0.3) is 0 Å². The van der Waals surface area contributed by atoms with Gasteiger partial charge in [-0.3, -0.25) is 14.6 Å². The smallest absolute Gasteiger partial charge is 0.309 e. The van der Waals surface area contributed by atoms with Crippen LogP contribution in [0.4, 0.5) is 0 Å². The highest BCUT2D eigenvalue weighted by Gasteiger charge is 2.29. The van der Waals surface area contributed by atoms with Gasteiger partial charge in [-0.15, -0.1) is 0 Å². The Morgan fingerprint density at radius 3 is 2.67 bits per heavy atom. The molecule has 0 saturated carbocycles. The van der Waals surface area contributed by atoms with Gasteiger partial charge in [0.25, 0.3) is 5.91 Å². The van der Waals surface area contributed by atoms with Crippen molar-refractivity contribution in [3.63, 3.8) is 0 Å². The van der Waals surface area contributed by atoms with Crippen LogP contribution in [0.3, 0.4) is 0 Å². The molecule has 1 fully saturated rings. The van der Waals surface area contributed by atoms with Crippen LogP contribution in [0.5, 0.6) is 0 Å². The van der Waals surface area contributed by atoms with Gasteiger partial charge in [-0.25, -0.2) is 0 Å². The van der Waals surface area contributed by atoms with E-state index in [0.29, 0.717) is 43.1 Å². The van der Waals surface area contributed by atoms with E-state index in [1.54, 1.807) is 17.9 Å². The fraction of sp³-hybridized carbons (Fsp3) is 0.533. The molecule has 2 rings (SSSR count). The van der Waals surface area contributed by atoms with Crippen LogP contribution in [-0.4, -0.2) is 41.5 Å². The number of carbonyl (C=O) groups excluding carboxylic acids is 2. The van der Waals surface area contributed by atoms with E-state index in [0.717, 1.165) is 5.69 Å². The van der Waals surface area contributed by atoms with E-state index in [1.165, 1.54) is 6.20 Å². The Labute approximate surface area is 129 Å². The molecule has 2 heterocycles. The lowest BCUT2D eigenvalue weighted by Gasteiger charge is -2.31. The molecule has 0 aliphatic carbocycles. The van der Waals surface area contributed by atoms with Gasteiger partial charge >= 0.3 is 5.97 Å². The Morgan fingerprint density at radius 2 is 2.10 bits per heavy atom. The first-order valence-corrected chi connectivity index (χ1v) is 7.48. The maximum Gasteiger partial charge on any atom is 0.309 e. The minimum Gasteiger partial charge on any atom is -0.466 e. The Morgan fingerprint density at radius 1 is 1.43 bits per heavy atom. The zero-order valence-corrected chi connectivity index (χ0v) is 13.0. The van der Waals surface area contributed by atoms with Gasteiger partial charge in [0.2, 0.25) is 0 Å². The largest absolute Gasteiger partial charge is 0.466 e. The van der Waals surface area contributed by atoms with Gasteiger partial charge in [0.1, 0.15) is 0 Å². The molecule has 0 unspecified atom stereocenters. The summed E-state index contributed by atoms with van der Waals surface area (Å²) in [6.45, 7) is 5.08. The molecule has 1 aromatic heterocycles. The summed E-state index contributed by atoms with van der Waals surface area (Å²) in [6.07, 6.45) is 2.76. The maximum absolute atomic E-state index is 12.4. The highest BCUT2D eigenvalue weighted by Crippen LogP contribution is 2.23. The normalized spacial score (nSPS) is 15.9. The second-order valence-corrected chi connectivity index (χ2v) is 5.53. The molecule has 114 valence electrons. The first-order valence-electron chi connectivity index (χ1n) is 7.11. The van der Waals surface area contributed by atoms with Crippen LogP contribution in [0.1, 0.15) is 35.8 Å². The number of piperidine rings is 1. The van der Waals surface area contributed by atoms with E-state index in [-0.39, 0.29) is 17.8 Å². The predicted octanol–water partition coefficient (Wildman–Crippen LogP) is 2.46. The van der Waals surface area contributed by atoms with Gasteiger partial charge in [-0.2, -0.15) is 0 Å². The quantitative estimate of drug-likeness (QED) is 0.805. The number of carbonyl (C=O) groups is 2. The van der Waals surface area contributed by atoms with Gasteiger partial charge in [0, 0.05) is 25.0 Å². The van der Waals surface area contributed by atoms with E-state index >= 15 is 0 Å². The molecule has 21 heavy (non-hydrogen) atoms. The lowest BCUT2D eigenvalue weighted by molar-refractivity contribution is -0.149. The number of likely N-dealkylation sites (tertiary alicyclic amines) is 1. The molecule has 0 radical (unpaired) electrons. The molecule has 0 aromatic carbocycles. The molecule has 0 atom stereocenters. The third-order valence-corrected chi connectivity index (χ3v) is 3.94. The molecule has 1 amide bonds. The van der Waals surface area contributed by atoms with Crippen molar-refractivity contribution in [3.05, 3.63) is 28.5 Å². The number of hydrogen-bond acceptors (Lipinski definition) is 4. The van der Waals surface area contributed by atoms with Gasteiger partial charge < -0.3 is 9.64 Å². The fourth-order valence-corrected chi connectivity index (χ4v) is 2.72. The SMILES string of the molecule is CCOC(=O)C1CCN(C(=O)c2cnc(C)cc2Cl)CC1. The van der Waals surface area contributed by atoms with Crippen LogP contribution >= 0.6 is 11.6 Å². The molecule has 0 spiro atoms. The molecule has 0 N–H and O–H groups in total. The number of esters is 1. The van der Waals surface area contributed by atoms with E-state index in [4.69, 9.17) is 16.3 Å². The summed E-state index contributed by atoms with van der Waals surface area (Å²) in [5.74, 6) is -0.407. The second-order valence-electron chi connectivity index (χ2n) is 5.12. The van der Waals surface area contributed by atoms with E-state index < -0.39 is 0 Å². The summed E-state index contributed by atoms with van der Waals surface area (Å²) < 4.78 is 5.02. The van der Waals surface area contributed by atoms with Gasteiger partial charge in [-0.05, 0) is 32.8 Å². The summed E-state index contributed by atoms with van der Waals surface area (Å²) in [7, 11) is 0. The van der Waals surface area contributed by atoms with Gasteiger partial charge in [-0.1, -0.05) is 11.6 Å². The van der Waals surface area contributed by atoms with Crippen LogP contribution in [0.2, 0.25) is 5.02 Å². The van der Waals surface area contributed by atoms with E-state index in [2.05, 4.69) is 4.98 Å². The number of amides is 1. The molecule has 1 aliphatic rings. The monoisotopic (exact) mass is 310 g/mol. The number of aromatic nitrogens is 1. The van der Waals surface area contributed by atoms with Crippen molar-refractivity contribution < 1.29 is 14.3 Å². The van der Waals surface area contributed by atoms with Crippen LogP contribution < -0.4 is 0 Å². The maximum atomic E-state index is 12.4. The average Bonchev–Trinajstić information content (AvgIpc) is 2.47. The number of nitrogens with zero attached hydrogens (tertiary/aromatic N) is 2. The topological polar surface area (TPSA) is 59.5 Å². The molecule has 6 heteroatoms. The van der Waals surface area contributed by atoms with Crippen molar-refractivity contribution in [3.8, 4) is 0 Å². The minimum atomic E-state index is -0.167. The lowest BCUT2D eigenvalue weighted by atomic mass is 9.96. The third kappa shape index (κ3) is 3.73. The molecule has 5 nitrogen and oxygen atoms in total. The van der Waals surface area contributed by atoms with Crippen molar-refractivity contribution in [1.82, 2.24) is 9.88 Å².